The zero-order chi connectivity index (χ0) is 22.4. The number of aromatic hydroxyl groups is 1. The van der Waals surface area contributed by atoms with Crippen LogP contribution in [-0.4, -0.2) is 20.3 Å². The van der Waals surface area contributed by atoms with Crippen LogP contribution in [0.5, 0.6) is 11.5 Å². The number of aryl methyl sites for hydroxylation is 2. The van der Waals surface area contributed by atoms with Crippen LogP contribution in [0.3, 0.4) is 0 Å². The van der Waals surface area contributed by atoms with Gasteiger partial charge in [-0.1, -0.05) is 31.9 Å². The van der Waals surface area contributed by atoms with Crippen LogP contribution in [0, 0.1) is 12.8 Å². The number of fused-ring (bicyclic) bond motifs is 3. The summed E-state index contributed by atoms with van der Waals surface area (Å²) in [6.07, 6.45) is 11.6. The Hall–Kier alpha value is -1.94. The maximum Gasteiger partial charge on any atom is 0.127 e. The number of allylic oxidation sites excluding steroid dienone is 2. The first-order valence-electron chi connectivity index (χ1n) is 11.8. The first kappa shape index (κ1) is 24.7. The molecule has 4 rings (SSSR count). The molecule has 0 bridgehead atoms. The third-order valence-corrected chi connectivity index (χ3v) is 7.66. The zero-order valence-electron chi connectivity index (χ0n) is 20.4. The summed E-state index contributed by atoms with van der Waals surface area (Å²) in [5.74, 6) is 3.11. The van der Waals surface area contributed by atoms with Gasteiger partial charge in [0, 0.05) is 36.3 Å². The Balaban J connectivity index is 0.00000289. The highest BCUT2D eigenvalue weighted by molar-refractivity contribution is 5.85. The van der Waals surface area contributed by atoms with Gasteiger partial charge in [0.1, 0.15) is 22.9 Å². The SMILES string of the molecule is CC1=CC[C@@H]2[C@@H](C1)c1c(O)cc(C(C)(C)CCCCn3ccnc3C)cc1OC2(C)C.Cl. The van der Waals surface area contributed by atoms with Crippen LogP contribution < -0.4 is 4.74 Å². The molecule has 4 nitrogen and oxygen atoms in total. The molecule has 0 spiro atoms. The van der Waals surface area contributed by atoms with Gasteiger partial charge in [-0.25, -0.2) is 4.98 Å². The second-order valence-electron chi connectivity index (χ2n) is 10.8. The van der Waals surface area contributed by atoms with Crippen molar-refractivity contribution in [1.29, 1.82) is 0 Å². The molecule has 2 heterocycles. The van der Waals surface area contributed by atoms with E-state index in [2.05, 4.69) is 69.4 Å². The minimum atomic E-state index is -0.229. The van der Waals surface area contributed by atoms with E-state index in [1.54, 1.807) is 0 Å². The average Bonchev–Trinajstić information content (AvgIpc) is 3.08. The zero-order valence-corrected chi connectivity index (χ0v) is 21.3. The van der Waals surface area contributed by atoms with E-state index in [9.17, 15) is 5.11 Å². The molecule has 1 aliphatic heterocycles. The van der Waals surface area contributed by atoms with Gasteiger partial charge in [-0.2, -0.15) is 0 Å². The molecule has 1 aliphatic carbocycles. The fourth-order valence-electron chi connectivity index (χ4n) is 5.59. The number of hydrogen-bond acceptors (Lipinski definition) is 3. The van der Waals surface area contributed by atoms with Gasteiger partial charge >= 0.3 is 0 Å². The summed E-state index contributed by atoms with van der Waals surface area (Å²) in [6, 6.07) is 4.21. The molecule has 0 saturated carbocycles. The van der Waals surface area contributed by atoms with E-state index in [1.807, 2.05) is 12.3 Å². The summed E-state index contributed by atoms with van der Waals surface area (Å²) >= 11 is 0. The van der Waals surface area contributed by atoms with E-state index in [1.165, 1.54) is 11.1 Å². The molecule has 0 saturated heterocycles. The van der Waals surface area contributed by atoms with Gasteiger partial charge in [-0.05, 0) is 76.5 Å². The van der Waals surface area contributed by atoms with E-state index in [0.29, 0.717) is 17.6 Å². The van der Waals surface area contributed by atoms with Crippen molar-refractivity contribution in [3.05, 3.63) is 53.1 Å². The molecule has 0 fully saturated rings. The highest BCUT2D eigenvalue weighted by Gasteiger charge is 2.46. The first-order valence-corrected chi connectivity index (χ1v) is 11.8. The van der Waals surface area contributed by atoms with E-state index in [-0.39, 0.29) is 23.4 Å². The van der Waals surface area contributed by atoms with Gasteiger partial charge in [0.25, 0.3) is 0 Å². The minimum absolute atomic E-state index is 0. The van der Waals surface area contributed by atoms with E-state index >= 15 is 0 Å². The number of halogens is 1. The molecular weight excluding hydrogens is 420 g/mol. The Bertz CT molecular complexity index is 990. The van der Waals surface area contributed by atoms with Gasteiger partial charge in [0.05, 0.1) is 0 Å². The van der Waals surface area contributed by atoms with Crippen molar-refractivity contribution in [2.75, 3.05) is 0 Å². The molecule has 1 aromatic carbocycles. The van der Waals surface area contributed by atoms with E-state index in [0.717, 1.165) is 55.8 Å². The van der Waals surface area contributed by atoms with E-state index in [4.69, 9.17) is 4.74 Å². The molecule has 1 N–H and O–H groups in total. The van der Waals surface area contributed by atoms with Crippen molar-refractivity contribution in [2.24, 2.45) is 5.92 Å². The lowest BCUT2D eigenvalue weighted by Gasteiger charge is -2.47. The van der Waals surface area contributed by atoms with Gasteiger partial charge in [0.15, 0.2) is 0 Å². The van der Waals surface area contributed by atoms with Crippen molar-refractivity contribution < 1.29 is 9.84 Å². The van der Waals surface area contributed by atoms with Crippen molar-refractivity contribution in [3.8, 4) is 11.5 Å². The lowest BCUT2D eigenvalue weighted by Crippen LogP contribution is -2.45. The summed E-state index contributed by atoms with van der Waals surface area (Å²) in [6.45, 7) is 14.2. The molecule has 5 heteroatoms. The third kappa shape index (κ3) is 4.71. The van der Waals surface area contributed by atoms with E-state index < -0.39 is 0 Å². The lowest BCUT2D eigenvalue weighted by atomic mass is 9.66. The normalized spacial score (nSPS) is 21.6. The number of phenols is 1. The fourth-order valence-corrected chi connectivity index (χ4v) is 5.59. The van der Waals surface area contributed by atoms with Crippen molar-refractivity contribution in [3.63, 3.8) is 0 Å². The Morgan fingerprint density at radius 3 is 2.66 bits per heavy atom. The Morgan fingerprint density at radius 2 is 1.97 bits per heavy atom. The quantitative estimate of drug-likeness (QED) is 0.371. The Morgan fingerprint density at radius 1 is 1.22 bits per heavy atom. The van der Waals surface area contributed by atoms with Crippen molar-refractivity contribution in [2.45, 2.75) is 97.1 Å². The first-order chi connectivity index (χ1) is 14.6. The number of unbranched alkanes of at least 4 members (excludes halogenated alkanes) is 1. The largest absolute Gasteiger partial charge is 0.508 e. The number of imidazole rings is 1. The van der Waals surface area contributed by atoms with Crippen molar-refractivity contribution >= 4 is 12.4 Å². The third-order valence-electron chi connectivity index (χ3n) is 7.66. The topological polar surface area (TPSA) is 47.3 Å². The smallest absolute Gasteiger partial charge is 0.127 e. The number of benzene rings is 1. The van der Waals surface area contributed by atoms with Gasteiger partial charge in [0.2, 0.25) is 0 Å². The number of nitrogens with zero attached hydrogens (tertiary/aromatic N) is 2. The van der Waals surface area contributed by atoms with Gasteiger partial charge < -0.3 is 14.4 Å². The number of phenolic OH excluding ortho intramolecular Hbond substituents is 1. The maximum absolute atomic E-state index is 11.1. The van der Waals surface area contributed by atoms with Crippen molar-refractivity contribution in [1.82, 2.24) is 9.55 Å². The Labute approximate surface area is 199 Å². The van der Waals surface area contributed by atoms with Crippen LogP contribution >= 0.6 is 12.4 Å². The number of rotatable bonds is 6. The highest BCUT2D eigenvalue weighted by Crippen LogP contribution is 2.54. The molecule has 2 aliphatic rings. The summed E-state index contributed by atoms with van der Waals surface area (Å²) in [4.78, 5) is 4.31. The fraction of sp³-hybridized carbons (Fsp3) is 0.593. The number of hydrogen-bond donors (Lipinski definition) is 1. The molecule has 32 heavy (non-hydrogen) atoms. The predicted octanol–water partition coefficient (Wildman–Crippen LogP) is 7.08. The predicted molar refractivity (Wildman–Crippen MR) is 133 cm³/mol. The average molecular weight is 459 g/mol. The van der Waals surface area contributed by atoms with Gasteiger partial charge in [-0.15, -0.1) is 12.4 Å². The van der Waals surface area contributed by atoms with Crippen LogP contribution in [-0.2, 0) is 12.0 Å². The molecule has 0 amide bonds. The monoisotopic (exact) mass is 458 g/mol. The second-order valence-corrected chi connectivity index (χ2v) is 10.8. The number of aromatic nitrogens is 2. The molecule has 1 aromatic heterocycles. The summed E-state index contributed by atoms with van der Waals surface area (Å²) in [5, 5.41) is 11.1. The van der Waals surface area contributed by atoms with Crippen LogP contribution in [0.2, 0.25) is 0 Å². The molecular formula is C27H39ClN2O2. The van der Waals surface area contributed by atoms with Crippen LogP contribution in [0.15, 0.2) is 36.2 Å². The molecule has 176 valence electrons. The van der Waals surface area contributed by atoms with Crippen LogP contribution in [0.4, 0.5) is 0 Å². The summed E-state index contributed by atoms with van der Waals surface area (Å²) in [7, 11) is 0. The minimum Gasteiger partial charge on any atom is -0.508 e. The van der Waals surface area contributed by atoms with Gasteiger partial charge in [-0.3, -0.25) is 0 Å². The van der Waals surface area contributed by atoms with Crippen LogP contribution in [0.1, 0.15) is 89.6 Å². The highest BCUT2D eigenvalue weighted by atomic mass is 35.5. The molecule has 2 aromatic rings. The Kier molecular flexibility index (Phi) is 7.05. The molecule has 2 atom stereocenters. The number of ether oxygens (including phenoxy) is 1. The summed E-state index contributed by atoms with van der Waals surface area (Å²) in [5.41, 5.74) is 3.35. The van der Waals surface area contributed by atoms with Crippen LogP contribution in [0.25, 0.3) is 0 Å². The maximum atomic E-state index is 11.1. The molecule has 0 unspecified atom stereocenters. The lowest BCUT2D eigenvalue weighted by molar-refractivity contribution is 0.00741. The molecule has 0 radical (unpaired) electrons. The summed E-state index contributed by atoms with van der Waals surface area (Å²) < 4.78 is 8.74. The standard InChI is InChI=1S/C27H38N2O2.ClH/c1-18-9-10-22-21(15-18)25-23(30)16-20(17-24(25)31-27(22,5)6)26(3,4)11-7-8-13-29-14-12-28-19(29)2;/h9,12,14,16-17,21-22,30H,7-8,10-11,13,15H2,1-6H3;1H/t21-,22-;/m1./s1. The second kappa shape index (κ2) is 9.13.